The average Bonchev–Trinajstić information content (AvgIpc) is 3.34. The number of piperidine rings is 1. The Morgan fingerprint density at radius 1 is 1.18 bits per heavy atom. The van der Waals surface area contributed by atoms with Crippen LogP contribution in [0.3, 0.4) is 0 Å². The van der Waals surface area contributed by atoms with Crippen LogP contribution in [0.25, 0.3) is 5.57 Å². The van der Waals surface area contributed by atoms with E-state index in [0.29, 0.717) is 53.9 Å². The molecule has 2 unspecified atom stereocenters. The Morgan fingerprint density at radius 2 is 1.97 bits per heavy atom. The molecule has 5 N–H and O–H groups in total. The smallest absolute Gasteiger partial charge is 0.327 e. The van der Waals surface area contributed by atoms with E-state index in [1.807, 2.05) is 12.4 Å². The van der Waals surface area contributed by atoms with E-state index in [1.54, 1.807) is 4.90 Å². The summed E-state index contributed by atoms with van der Waals surface area (Å²) in [6.07, 6.45) is 11.9. The van der Waals surface area contributed by atoms with Gasteiger partial charge in [0.2, 0.25) is 0 Å². The molecular formula is C26H32FN5O2+2. The molecule has 2 atom stereocenters. The maximum Gasteiger partial charge on any atom is 0.327 e. The van der Waals surface area contributed by atoms with Gasteiger partial charge in [0, 0.05) is 43.0 Å². The standard InChI is InChI=1S/C26H30FN5O2/c27-17-4-7-21(24(8-17)34-20-9-18-5-6-19(10-20)31-18)26(33)32-13-22(23(28)14-32)25-29-11-16(12-30-25)15-2-1-3-15/h4,7-8,11-12,15,18-20,31H,1-3,5-6,9-10,13-14,28H2/p+2. The number of aromatic nitrogens is 2. The quantitative estimate of drug-likeness (QED) is 0.703. The van der Waals surface area contributed by atoms with E-state index < -0.39 is 5.82 Å². The predicted molar refractivity (Wildman–Crippen MR) is 123 cm³/mol. The third-order valence-corrected chi connectivity index (χ3v) is 8.02. The van der Waals surface area contributed by atoms with Crippen molar-refractivity contribution >= 4 is 11.5 Å². The number of benzene rings is 1. The number of aromatic amines is 1. The summed E-state index contributed by atoms with van der Waals surface area (Å²) in [4.78, 5) is 23.0. The highest BCUT2D eigenvalue weighted by Crippen LogP contribution is 2.35. The molecule has 0 radical (unpaired) electrons. The number of ether oxygens (including phenoxy) is 1. The molecule has 3 fully saturated rings. The number of hydrogen-bond donors (Lipinski definition) is 2. The first kappa shape index (κ1) is 21.5. The van der Waals surface area contributed by atoms with Crippen molar-refractivity contribution in [3.63, 3.8) is 0 Å². The molecule has 1 amide bonds. The van der Waals surface area contributed by atoms with Crippen molar-refractivity contribution in [1.29, 1.82) is 0 Å². The van der Waals surface area contributed by atoms with Gasteiger partial charge in [-0.2, -0.15) is 0 Å². The van der Waals surface area contributed by atoms with Crippen molar-refractivity contribution in [3.8, 4) is 5.75 Å². The van der Waals surface area contributed by atoms with Crippen LogP contribution in [0, 0.1) is 5.82 Å². The van der Waals surface area contributed by atoms with Crippen LogP contribution in [0.5, 0.6) is 5.75 Å². The number of halogens is 1. The van der Waals surface area contributed by atoms with E-state index in [0.717, 1.165) is 18.4 Å². The zero-order chi connectivity index (χ0) is 23.2. The van der Waals surface area contributed by atoms with Gasteiger partial charge in [-0.05, 0) is 35.9 Å². The SMILES string of the molecule is NC1=C(c2ncc(C3CCC3)c[nH+]2)CN(C(=O)c2ccc(F)cc2OC2CC3CCC(C2)[NH2+]3)C1. The van der Waals surface area contributed by atoms with Crippen molar-refractivity contribution in [2.45, 2.75) is 69.1 Å². The Hall–Kier alpha value is -3.00. The van der Waals surface area contributed by atoms with Crippen LogP contribution in [-0.4, -0.2) is 47.1 Å². The molecule has 0 spiro atoms. The fraction of sp³-hybridized carbons (Fsp3) is 0.500. The van der Waals surface area contributed by atoms with E-state index in [1.165, 1.54) is 55.9 Å². The number of nitrogens with zero attached hydrogens (tertiary/aromatic N) is 2. The molecular weight excluding hydrogens is 433 g/mol. The molecule has 34 heavy (non-hydrogen) atoms. The van der Waals surface area contributed by atoms with E-state index in [9.17, 15) is 9.18 Å². The van der Waals surface area contributed by atoms with Crippen LogP contribution in [0.4, 0.5) is 4.39 Å². The maximum absolute atomic E-state index is 14.1. The van der Waals surface area contributed by atoms with Gasteiger partial charge in [0.05, 0.1) is 42.5 Å². The number of hydrogen-bond acceptors (Lipinski definition) is 4. The van der Waals surface area contributed by atoms with Crippen LogP contribution in [0.15, 0.2) is 36.3 Å². The molecule has 6 rings (SSSR count). The first-order chi connectivity index (χ1) is 16.5. The molecule has 178 valence electrons. The lowest BCUT2D eigenvalue weighted by Gasteiger charge is -2.28. The summed E-state index contributed by atoms with van der Waals surface area (Å²) < 4.78 is 20.4. The molecule has 1 aromatic carbocycles. The minimum atomic E-state index is -0.401. The van der Waals surface area contributed by atoms with Gasteiger partial charge in [-0.25, -0.2) is 9.37 Å². The third kappa shape index (κ3) is 4.04. The van der Waals surface area contributed by atoms with E-state index >= 15 is 0 Å². The fourth-order valence-corrected chi connectivity index (χ4v) is 5.90. The lowest BCUT2D eigenvalue weighted by molar-refractivity contribution is -0.712. The zero-order valence-electron chi connectivity index (χ0n) is 19.3. The number of H-pyrrole nitrogens is 1. The highest BCUT2D eigenvalue weighted by molar-refractivity contribution is 5.98. The topological polar surface area (TPSA) is 99.2 Å². The van der Waals surface area contributed by atoms with Gasteiger partial charge in [0.1, 0.15) is 23.9 Å². The van der Waals surface area contributed by atoms with Crippen LogP contribution >= 0.6 is 0 Å². The Kier molecular flexibility index (Phi) is 5.48. The summed E-state index contributed by atoms with van der Waals surface area (Å²) in [5, 5.41) is 2.43. The van der Waals surface area contributed by atoms with Crippen LogP contribution < -0.4 is 20.8 Å². The average molecular weight is 466 g/mol. The predicted octanol–water partition coefficient (Wildman–Crippen LogP) is 1.76. The molecule has 4 aliphatic rings. The fourth-order valence-electron chi connectivity index (χ4n) is 5.90. The molecule has 1 saturated carbocycles. The summed E-state index contributed by atoms with van der Waals surface area (Å²) in [6, 6.07) is 5.33. The number of carbonyl (C=O) groups excluding carboxylic acids is 1. The van der Waals surface area contributed by atoms with Gasteiger partial charge in [-0.3, -0.25) is 4.79 Å². The van der Waals surface area contributed by atoms with Crippen molar-refractivity contribution in [3.05, 3.63) is 59.1 Å². The molecule has 3 aliphatic heterocycles. The van der Waals surface area contributed by atoms with E-state index in [-0.39, 0.29) is 12.0 Å². The summed E-state index contributed by atoms with van der Waals surface area (Å²) in [5.74, 6) is 1.02. The van der Waals surface area contributed by atoms with Crippen molar-refractivity contribution < 1.29 is 24.2 Å². The van der Waals surface area contributed by atoms with Gasteiger partial charge < -0.3 is 20.7 Å². The normalized spacial score (nSPS) is 26.6. The highest BCUT2D eigenvalue weighted by Gasteiger charge is 2.39. The second-order valence-corrected chi connectivity index (χ2v) is 10.3. The Labute approximate surface area is 198 Å². The number of nitrogens with two attached hydrogens (primary N) is 2. The summed E-state index contributed by atoms with van der Waals surface area (Å²) in [7, 11) is 0. The summed E-state index contributed by atoms with van der Waals surface area (Å²) in [5.41, 5.74) is 9.39. The Bertz CT molecular complexity index is 1120. The number of carbonyl (C=O) groups is 1. The molecule has 4 heterocycles. The Balaban J connectivity index is 1.18. The van der Waals surface area contributed by atoms with Crippen LogP contribution in [0.2, 0.25) is 0 Å². The second-order valence-electron chi connectivity index (χ2n) is 10.3. The lowest BCUT2D eigenvalue weighted by Crippen LogP contribution is -2.93. The Morgan fingerprint density at radius 3 is 2.65 bits per heavy atom. The number of rotatable bonds is 5. The summed E-state index contributed by atoms with van der Waals surface area (Å²) in [6.45, 7) is 0.670. The van der Waals surface area contributed by atoms with E-state index in [4.69, 9.17) is 10.5 Å². The monoisotopic (exact) mass is 465 g/mol. The van der Waals surface area contributed by atoms with Gasteiger partial charge in [-0.15, -0.1) is 0 Å². The lowest BCUT2D eigenvalue weighted by atomic mass is 9.81. The van der Waals surface area contributed by atoms with E-state index in [2.05, 4.69) is 15.3 Å². The van der Waals surface area contributed by atoms with Crippen LogP contribution in [-0.2, 0) is 0 Å². The molecule has 2 saturated heterocycles. The maximum atomic E-state index is 14.1. The van der Waals surface area contributed by atoms with Crippen molar-refractivity contribution in [2.75, 3.05) is 13.1 Å². The highest BCUT2D eigenvalue weighted by atomic mass is 19.1. The number of nitrogens with one attached hydrogen (secondary N) is 1. The number of amides is 1. The van der Waals surface area contributed by atoms with Gasteiger partial charge in [0.15, 0.2) is 0 Å². The first-order valence-corrected chi connectivity index (χ1v) is 12.5. The summed E-state index contributed by atoms with van der Waals surface area (Å²) >= 11 is 0. The second kappa shape index (κ2) is 8.65. The third-order valence-electron chi connectivity index (χ3n) is 8.02. The number of fused-ring (bicyclic) bond motifs is 2. The molecule has 1 aromatic heterocycles. The zero-order valence-corrected chi connectivity index (χ0v) is 19.3. The molecule has 8 heteroatoms. The minimum Gasteiger partial charge on any atom is -0.489 e. The van der Waals surface area contributed by atoms with Crippen molar-refractivity contribution in [2.24, 2.45) is 5.73 Å². The van der Waals surface area contributed by atoms with Gasteiger partial charge >= 0.3 is 5.82 Å². The van der Waals surface area contributed by atoms with Gasteiger partial charge in [0.25, 0.3) is 5.91 Å². The number of quaternary nitrogens is 1. The molecule has 7 nitrogen and oxygen atoms in total. The van der Waals surface area contributed by atoms with Gasteiger partial charge in [-0.1, -0.05) is 6.42 Å². The molecule has 1 aliphatic carbocycles. The minimum absolute atomic E-state index is 0.0150. The molecule has 2 aromatic rings. The molecule has 2 bridgehead atoms. The van der Waals surface area contributed by atoms with Crippen LogP contribution in [0.1, 0.15) is 72.6 Å². The van der Waals surface area contributed by atoms with Crippen molar-refractivity contribution in [1.82, 2.24) is 9.88 Å². The first-order valence-electron chi connectivity index (χ1n) is 12.5. The largest absolute Gasteiger partial charge is 0.489 e.